The Bertz CT molecular complexity index is 763. The summed E-state index contributed by atoms with van der Waals surface area (Å²) in [6.07, 6.45) is 0.708. The van der Waals surface area contributed by atoms with Gasteiger partial charge in [-0.3, -0.25) is 4.79 Å². The Labute approximate surface area is 144 Å². The van der Waals surface area contributed by atoms with Crippen LogP contribution >= 0.6 is 0 Å². The van der Waals surface area contributed by atoms with Gasteiger partial charge in [0.2, 0.25) is 0 Å². The summed E-state index contributed by atoms with van der Waals surface area (Å²) < 4.78 is 24.2. The summed E-state index contributed by atoms with van der Waals surface area (Å²) in [4.78, 5) is 23.2. The molecule has 0 bridgehead atoms. The predicted octanol–water partition coefficient (Wildman–Crippen LogP) is 3.19. The predicted molar refractivity (Wildman–Crippen MR) is 89.7 cm³/mol. The van der Waals surface area contributed by atoms with Gasteiger partial charge in [-0.2, -0.15) is 0 Å². The lowest BCUT2D eigenvalue weighted by Crippen LogP contribution is -2.14. The second-order valence-corrected chi connectivity index (χ2v) is 5.18. The zero-order valence-electron chi connectivity index (χ0n) is 13.6. The van der Waals surface area contributed by atoms with Gasteiger partial charge in [-0.15, -0.1) is 0 Å². The molecule has 2 aromatic carbocycles. The second-order valence-electron chi connectivity index (χ2n) is 5.18. The molecule has 2 N–H and O–H groups in total. The Kier molecular flexibility index (Phi) is 6.47. The highest BCUT2D eigenvalue weighted by Gasteiger charge is 2.13. The normalized spacial score (nSPS) is 10.3. The first-order valence-corrected chi connectivity index (χ1v) is 7.57. The molecule has 0 fully saturated rings. The Morgan fingerprint density at radius 2 is 1.92 bits per heavy atom. The van der Waals surface area contributed by atoms with Crippen molar-refractivity contribution < 1.29 is 28.6 Å². The molecule has 7 heteroatoms. The summed E-state index contributed by atoms with van der Waals surface area (Å²) >= 11 is 0. The highest BCUT2D eigenvalue weighted by molar-refractivity contribution is 6.05. The number of aromatic carboxylic acids is 1. The summed E-state index contributed by atoms with van der Waals surface area (Å²) in [6, 6.07) is 9.62. The summed E-state index contributed by atoms with van der Waals surface area (Å²) in [5.41, 5.74) is -0.0485. The van der Waals surface area contributed by atoms with Crippen LogP contribution in [0.2, 0.25) is 0 Å². The molecular formula is C18H18FNO5. The number of amides is 1. The second kappa shape index (κ2) is 8.79. The van der Waals surface area contributed by atoms with Gasteiger partial charge in [0, 0.05) is 25.7 Å². The van der Waals surface area contributed by atoms with Gasteiger partial charge >= 0.3 is 5.97 Å². The van der Waals surface area contributed by atoms with Crippen LogP contribution in [0.3, 0.4) is 0 Å². The average molecular weight is 347 g/mol. The Morgan fingerprint density at radius 3 is 2.64 bits per heavy atom. The van der Waals surface area contributed by atoms with Crippen LogP contribution in [0.25, 0.3) is 0 Å². The van der Waals surface area contributed by atoms with E-state index in [0.717, 1.165) is 18.2 Å². The van der Waals surface area contributed by atoms with Crippen LogP contribution in [0.4, 0.5) is 10.1 Å². The van der Waals surface area contributed by atoms with Crippen LogP contribution in [0.1, 0.15) is 27.1 Å². The summed E-state index contributed by atoms with van der Waals surface area (Å²) in [5.74, 6) is -1.99. The summed E-state index contributed by atoms with van der Waals surface area (Å²) in [6.45, 7) is 1.01. The number of anilines is 1. The molecular weight excluding hydrogens is 329 g/mol. The minimum absolute atomic E-state index is 0.119. The lowest BCUT2D eigenvalue weighted by atomic mass is 10.1. The molecule has 0 spiro atoms. The molecule has 0 aliphatic rings. The first-order valence-electron chi connectivity index (χ1n) is 7.57. The smallest absolute Gasteiger partial charge is 0.335 e. The van der Waals surface area contributed by atoms with Crippen molar-refractivity contribution in [2.24, 2.45) is 0 Å². The quantitative estimate of drug-likeness (QED) is 0.717. The molecule has 2 rings (SSSR count). The summed E-state index contributed by atoms with van der Waals surface area (Å²) in [7, 11) is 1.60. The largest absolute Gasteiger partial charge is 0.493 e. The van der Waals surface area contributed by atoms with Gasteiger partial charge in [-0.1, -0.05) is 6.07 Å². The summed E-state index contributed by atoms with van der Waals surface area (Å²) in [5, 5.41) is 11.3. The fraction of sp³-hybridized carbons (Fsp3) is 0.222. The number of rotatable bonds is 8. The van der Waals surface area contributed by atoms with Crippen LogP contribution in [-0.4, -0.2) is 37.3 Å². The third kappa shape index (κ3) is 5.29. The topological polar surface area (TPSA) is 84.9 Å². The lowest BCUT2D eigenvalue weighted by molar-refractivity contribution is 0.0696. The van der Waals surface area contributed by atoms with Crippen LogP contribution in [0.5, 0.6) is 5.75 Å². The first kappa shape index (κ1) is 18.4. The third-order valence-electron chi connectivity index (χ3n) is 3.32. The first-order chi connectivity index (χ1) is 12.0. The van der Waals surface area contributed by atoms with Gasteiger partial charge in [-0.05, 0) is 36.4 Å². The molecule has 0 aromatic heterocycles. The third-order valence-corrected chi connectivity index (χ3v) is 3.32. The molecule has 0 atom stereocenters. The Balaban J connectivity index is 2.08. The fourth-order valence-electron chi connectivity index (χ4n) is 2.07. The van der Waals surface area contributed by atoms with E-state index in [-0.39, 0.29) is 16.8 Å². The molecule has 0 saturated carbocycles. The van der Waals surface area contributed by atoms with Crippen molar-refractivity contribution in [3.63, 3.8) is 0 Å². The number of carboxylic acid groups (broad SMARTS) is 1. The highest BCUT2D eigenvalue weighted by Crippen LogP contribution is 2.19. The minimum atomic E-state index is -1.21. The van der Waals surface area contributed by atoms with Crippen molar-refractivity contribution in [1.82, 2.24) is 0 Å². The zero-order valence-corrected chi connectivity index (χ0v) is 13.6. The van der Waals surface area contributed by atoms with Crippen LogP contribution in [-0.2, 0) is 4.74 Å². The maximum Gasteiger partial charge on any atom is 0.335 e. The average Bonchev–Trinajstić information content (AvgIpc) is 2.60. The van der Waals surface area contributed by atoms with Gasteiger partial charge in [0.25, 0.3) is 5.91 Å². The van der Waals surface area contributed by atoms with E-state index in [1.165, 1.54) is 6.07 Å². The number of carbonyl (C=O) groups is 2. The van der Waals surface area contributed by atoms with E-state index in [1.54, 1.807) is 25.3 Å². The van der Waals surface area contributed by atoms with E-state index >= 15 is 0 Å². The fourth-order valence-corrected chi connectivity index (χ4v) is 2.07. The van der Waals surface area contributed by atoms with E-state index in [4.69, 9.17) is 14.6 Å². The molecule has 0 saturated heterocycles. The number of hydrogen-bond acceptors (Lipinski definition) is 4. The standard InChI is InChI=1S/C18H18FNO5/c1-24-8-3-9-25-14-5-2-4-12(10-14)17(21)20-16-11-13(18(22)23)6-7-15(16)19/h2,4-7,10-11H,3,8-9H2,1H3,(H,20,21)(H,22,23). The number of carboxylic acids is 1. The molecule has 6 nitrogen and oxygen atoms in total. The van der Waals surface area contributed by atoms with E-state index in [9.17, 15) is 14.0 Å². The number of ether oxygens (including phenoxy) is 2. The number of benzene rings is 2. The van der Waals surface area contributed by atoms with E-state index in [0.29, 0.717) is 25.4 Å². The number of methoxy groups -OCH3 is 1. The van der Waals surface area contributed by atoms with Crippen LogP contribution < -0.4 is 10.1 Å². The SMILES string of the molecule is COCCCOc1cccc(C(=O)Nc2cc(C(=O)O)ccc2F)c1. The molecule has 0 unspecified atom stereocenters. The van der Waals surface area contributed by atoms with E-state index in [2.05, 4.69) is 5.32 Å². The molecule has 132 valence electrons. The highest BCUT2D eigenvalue weighted by atomic mass is 19.1. The zero-order chi connectivity index (χ0) is 18.2. The van der Waals surface area contributed by atoms with Gasteiger partial charge in [0.1, 0.15) is 11.6 Å². The lowest BCUT2D eigenvalue weighted by Gasteiger charge is -2.10. The molecule has 0 radical (unpaired) electrons. The van der Waals surface area contributed by atoms with Crippen molar-refractivity contribution >= 4 is 17.6 Å². The molecule has 0 heterocycles. The molecule has 0 aliphatic heterocycles. The van der Waals surface area contributed by atoms with Gasteiger partial charge < -0.3 is 19.9 Å². The van der Waals surface area contributed by atoms with Gasteiger partial charge in [-0.25, -0.2) is 9.18 Å². The van der Waals surface area contributed by atoms with Gasteiger partial charge in [0.05, 0.1) is 17.9 Å². The maximum absolute atomic E-state index is 13.8. The molecule has 1 amide bonds. The van der Waals surface area contributed by atoms with E-state index in [1.807, 2.05) is 0 Å². The van der Waals surface area contributed by atoms with Crippen LogP contribution in [0, 0.1) is 5.82 Å². The monoisotopic (exact) mass is 347 g/mol. The maximum atomic E-state index is 13.8. The van der Waals surface area contributed by atoms with E-state index < -0.39 is 17.7 Å². The molecule has 2 aromatic rings. The number of nitrogens with one attached hydrogen (secondary N) is 1. The molecule has 25 heavy (non-hydrogen) atoms. The Hall–Kier alpha value is -2.93. The van der Waals surface area contributed by atoms with Crippen molar-refractivity contribution in [3.05, 3.63) is 59.4 Å². The number of halogens is 1. The van der Waals surface area contributed by atoms with Crippen LogP contribution in [0.15, 0.2) is 42.5 Å². The molecule has 0 aliphatic carbocycles. The van der Waals surface area contributed by atoms with Crippen molar-refractivity contribution in [1.29, 1.82) is 0 Å². The van der Waals surface area contributed by atoms with Crippen molar-refractivity contribution in [2.45, 2.75) is 6.42 Å². The van der Waals surface area contributed by atoms with Crippen molar-refractivity contribution in [2.75, 3.05) is 25.6 Å². The number of hydrogen-bond donors (Lipinski definition) is 2. The Morgan fingerprint density at radius 1 is 1.12 bits per heavy atom. The van der Waals surface area contributed by atoms with Gasteiger partial charge in [0.15, 0.2) is 0 Å². The number of carbonyl (C=O) groups excluding carboxylic acids is 1. The van der Waals surface area contributed by atoms with Crippen molar-refractivity contribution in [3.8, 4) is 5.75 Å². The minimum Gasteiger partial charge on any atom is -0.493 e.